The second-order valence-electron chi connectivity index (χ2n) is 5.62. The summed E-state index contributed by atoms with van der Waals surface area (Å²) in [6.45, 7) is 7.29. The molecule has 0 aromatic rings. The molecule has 1 aliphatic heterocycles. The highest BCUT2D eigenvalue weighted by molar-refractivity contribution is 5.88. The molecule has 1 heterocycles. The Bertz CT molecular complexity index is 358. The van der Waals surface area contributed by atoms with Gasteiger partial charge >= 0.3 is 0 Å². The lowest BCUT2D eigenvalue weighted by Crippen LogP contribution is -2.56. The lowest BCUT2D eigenvalue weighted by atomic mass is 10.1. The molecule has 6 nitrogen and oxygen atoms in total. The maximum Gasteiger partial charge on any atom is 0.240 e. The van der Waals surface area contributed by atoms with Crippen LogP contribution >= 0.6 is 0 Å². The lowest BCUT2D eigenvalue weighted by molar-refractivity contribution is -0.138. The Morgan fingerprint density at radius 2 is 2.33 bits per heavy atom. The summed E-state index contributed by atoms with van der Waals surface area (Å²) in [7, 11) is 3.92. The summed E-state index contributed by atoms with van der Waals surface area (Å²) in [5.41, 5.74) is 0. The molecule has 1 aliphatic rings. The maximum atomic E-state index is 12.3. The standard InChI is InChI=1S/C15H28N4O2/c1-4-5-6-9-19-11-8-16-13(15(19)21)12-14(20)17-7-10-18(2)3/h4,13,16H,1,5-12H2,2-3H3,(H,17,20). The number of carbonyl (C=O) groups is 2. The second-order valence-corrected chi connectivity index (χ2v) is 5.62. The van der Waals surface area contributed by atoms with Crippen molar-refractivity contribution >= 4 is 11.8 Å². The van der Waals surface area contributed by atoms with E-state index >= 15 is 0 Å². The summed E-state index contributed by atoms with van der Waals surface area (Å²) in [4.78, 5) is 28.0. The van der Waals surface area contributed by atoms with Crippen LogP contribution in [0.4, 0.5) is 0 Å². The van der Waals surface area contributed by atoms with Gasteiger partial charge in [-0.1, -0.05) is 6.08 Å². The molecular weight excluding hydrogens is 268 g/mol. The summed E-state index contributed by atoms with van der Waals surface area (Å²) >= 11 is 0. The molecule has 1 unspecified atom stereocenters. The van der Waals surface area contributed by atoms with Gasteiger partial charge in [-0.3, -0.25) is 9.59 Å². The van der Waals surface area contributed by atoms with Crippen LogP contribution in [0.5, 0.6) is 0 Å². The second kappa shape index (κ2) is 9.52. The molecule has 6 heteroatoms. The van der Waals surface area contributed by atoms with E-state index in [2.05, 4.69) is 17.2 Å². The van der Waals surface area contributed by atoms with Crippen molar-refractivity contribution in [3.05, 3.63) is 12.7 Å². The minimum absolute atomic E-state index is 0.0353. The van der Waals surface area contributed by atoms with Crippen LogP contribution in [0, 0.1) is 0 Å². The number of likely N-dealkylation sites (N-methyl/N-ethyl adjacent to an activating group) is 1. The van der Waals surface area contributed by atoms with E-state index in [9.17, 15) is 9.59 Å². The van der Waals surface area contributed by atoms with E-state index in [-0.39, 0.29) is 24.3 Å². The quantitative estimate of drug-likeness (QED) is 0.458. The number of piperazine rings is 1. The fraction of sp³-hybridized carbons (Fsp3) is 0.733. The van der Waals surface area contributed by atoms with Crippen molar-refractivity contribution in [1.29, 1.82) is 0 Å². The van der Waals surface area contributed by atoms with Gasteiger partial charge in [0.05, 0.1) is 12.5 Å². The van der Waals surface area contributed by atoms with Crippen LogP contribution < -0.4 is 10.6 Å². The van der Waals surface area contributed by atoms with Gasteiger partial charge in [0.15, 0.2) is 0 Å². The predicted molar refractivity (Wildman–Crippen MR) is 84.0 cm³/mol. The molecule has 21 heavy (non-hydrogen) atoms. The Morgan fingerprint density at radius 1 is 1.57 bits per heavy atom. The number of nitrogens with one attached hydrogen (secondary N) is 2. The fourth-order valence-corrected chi connectivity index (χ4v) is 2.28. The molecule has 0 saturated carbocycles. The number of nitrogens with zero attached hydrogens (tertiary/aromatic N) is 2. The number of hydrogen-bond acceptors (Lipinski definition) is 4. The molecule has 0 aromatic heterocycles. The highest BCUT2D eigenvalue weighted by Crippen LogP contribution is 2.07. The van der Waals surface area contributed by atoms with Crippen molar-refractivity contribution in [2.45, 2.75) is 25.3 Å². The molecule has 0 aromatic carbocycles. The Labute approximate surface area is 127 Å². The average molecular weight is 296 g/mol. The lowest BCUT2D eigenvalue weighted by Gasteiger charge is -2.33. The Balaban J connectivity index is 2.34. The zero-order valence-corrected chi connectivity index (χ0v) is 13.2. The number of carbonyl (C=O) groups excluding carboxylic acids is 2. The summed E-state index contributed by atoms with van der Waals surface area (Å²) in [6.07, 6.45) is 3.91. The highest BCUT2D eigenvalue weighted by atomic mass is 16.2. The van der Waals surface area contributed by atoms with E-state index in [4.69, 9.17) is 0 Å². The molecular formula is C15H28N4O2. The Kier molecular flexibility index (Phi) is 8.00. The van der Waals surface area contributed by atoms with Gasteiger partial charge in [0, 0.05) is 32.7 Å². The third kappa shape index (κ3) is 6.73. The minimum atomic E-state index is -0.387. The average Bonchev–Trinajstić information content (AvgIpc) is 2.42. The van der Waals surface area contributed by atoms with Crippen LogP contribution in [0.3, 0.4) is 0 Å². The van der Waals surface area contributed by atoms with E-state index in [0.29, 0.717) is 13.1 Å². The molecule has 2 N–H and O–H groups in total. The predicted octanol–water partition coefficient (Wildman–Crippen LogP) is -0.179. The van der Waals surface area contributed by atoms with Crippen molar-refractivity contribution in [3.8, 4) is 0 Å². The molecule has 2 amide bonds. The smallest absolute Gasteiger partial charge is 0.240 e. The molecule has 0 bridgehead atoms. The molecule has 1 fully saturated rings. The van der Waals surface area contributed by atoms with Crippen molar-refractivity contribution in [1.82, 2.24) is 20.4 Å². The number of unbranched alkanes of at least 4 members (excludes halogenated alkanes) is 1. The first kappa shape index (κ1) is 17.7. The van der Waals surface area contributed by atoms with Crippen molar-refractivity contribution in [2.24, 2.45) is 0 Å². The minimum Gasteiger partial charge on any atom is -0.355 e. The normalized spacial score (nSPS) is 18.9. The maximum absolute atomic E-state index is 12.3. The highest BCUT2D eigenvalue weighted by Gasteiger charge is 2.29. The van der Waals surface area contributed by atoms with Crippen molar-refractivity contribution in [2.75, 3.05) is 46.8 Å². The van der Waals surface area contributed by atoms with Crippen LogP contribution in [0.25, 0.3) is 0 Å². The van der Waals surface area contributed by atoms with Crippen LogP contribution in [0.2, 0.25) is 0 Å². The van der Waals surface area contributed by atoms with Gasteiger partial charge in [-0.25, -0.2) is 0 Å². The van der Waals surface area contributed by atoms with Gasteiger partial charge < -0.3 is 20.4 Å². The van der Waals surface area contributed by atoms with Crippen LogP contribution in [0.15, 0.2) is 12.7 Å². The van der Waals surface area contributed by atoms with E-state index < -0.39 is 0 Å². The number of rotatable bonds is 9. The van der Waals surface area contributed by atoms with Crippen LogP contribution in [-0.4, -0.2) is 74.5 Å². The molecule has 0 radical (unpaired) electrons. The molecule has 120 valence electrons. The van der Waals surface area contributed by atoms with E-state index in [1.165, 1.54) is 0 Å². The van der Waals surface area contributed by atoms with Crippen LogP contribution in [0.1, 0.15) is 19.3 Å². The monoisotopic (exact) mass is 296 g/mol. The van der Waals surface area contributed by atoms with Gasteiger partial charge in [0.1, 0.15) is 0 Å². The summed E-state index contributed by atoms with van der Waals surface area (Å²) in [5, 5.41) is 5.98. The third-order valence-electron chi connectivity index (χ3n) is 3.49. The van der Waals surface area contributed by atoms with Gasteiger partial charge in [-0.05, 0) is 26.9 Å². The van der Waals surface area contributed by atoms with E-state index in [1.54, 1.807) is 0 Å². The first-order chi connectivity index (χ1) is 10.0. The third-order valence-corrected chi connectivity index (χ3v) is 3.49. The topological polar surface area (TPSA) is 64.7 Å². The first-order valence-corrected chi connectivity index (χ1v) is 7.59. The molecule has 1 saturated heterocycles. The summed E-state index contributed by atoms with van der Waals surface area (Å²) in [6, 6.07) is -0.387. The largest absolute Gasteiger partial charge is 0.355 e. The zero-order chi connectivity index (χ0) is 15.7. The first-order valence-electron chi connectivity index (χ1n) is 7.59. The Hall–Kier alpha value is -1.40. The number of hydrogen-bond donors (Lipinski definition) is 2. The van der Waals surface area contributed by atoms with Crippen molar-refractivity contribution in [3.63, 3.8) is 0 Å². The molecule has 1 atom stereocenters. The summed E-state index contributed by atoms with van der Waals surface area (Å²) in [5.74, 6) is -0.0382. The zero-order valence-electron chi connectivity index (χ0n) is 13.2. The van der Waals surface area contributed by atoms with Gasteiger partial charge in [-0.15, -0.1) is 6.58 Å². The van der Waals surface area contributed by atoms with E-state index in [0.717, 1.165) is 32.5 Å². The van der Waals surface area contributed by atoms with Gasteiger partial charge in [-0.2, -0.15) is 0 Å². The van der Waals surface area contributed by atoms with Crippen LogP contribution in [-0.2, 0) is 9.59 Å². The van der Waals surface area contributed by atoms with Crippen molar-refractivity contribution < 1.29 is 9.59 Å². The molecule has 1 rings (SSSR count). The van der Waals surface area contributed by atoms with Gasteiger partial charge in [0.2, 0.25) is 11.8 Å². The van der Waals surface area contributed by atoms with E-state index in [1.807, 2.05) is 30.0 Å². The number of amides is 2. The fourth-order valence-electron chi connectivity index (χ4n) is 2.28. The number of allylic oxidation sites excluding steroid dienone is 1. The summed E-state index contributed by atoms with van der Waals surface area (Å²) < 4.78 is 0. The van der Waals surface area contributed by atoms with Gasteiger partial charge in [0.25, 0.3) is 0 Å². The Morgan fingerprint density at radius 3 is 3.00 bits per heavy atom. The SMILES string of the molecule is C=CCCCN1CCNC(CC(=O)NCCN(C)C)C1=O. The molecule has 0 spiro atoms. The molecule has 0 aliphatic carbocycles.